The predicted octanol–water partition coefficient (Wildman–Crippen LogP) is 3.46. The Hall–Kier alpha value is -2.70. The molecule has 7 heteroatoms. The van der Waals surface area contributed by atoms with Crippen molar-refractivity contribution in [2.75, 3.05) is 33.9 Å². The zero-order chi connectivity index (χ0) is 20.2. The standard InChI is InChI=1S/C23H27N3O3.ClH/c1-28-21-9-5-7-17(22(21)29-2)19(14-26-23(27)15-10-11-24-12-15)18-13-25-20-8-4-3-6-16(18)20;/h3-9,13,15,19,24-25H,10-12,14H2,1-2H3,(H,26,27);1H. The van der Waals surface area contributed by atoms with Crippen molar-refractivity contribution >= 4 is 29.2 Å². The Morgan fingerprint density at radius 2 is 1.97 bits per heavy atom. The SMILES string of the molecule is COc1cccc(C(CNC(=O)C2CCNC2)c2c[nH]c3ccccc23)c1OC.Cl. The maximum Gasteiger partial charge on any atom is 0.224 e. The van der Waals surface area contributed by atoms with Crippen LogP contribution in [0.5, 0.6) is 11.5 Å². The van der Waals surface area contributed by atoms with Crippen molar-refractivity contribution in [2.24, 2.45) is 5.92 Å². The summed E-state index contributed by atoms with van der Waals surface area (Å²) in [6.07, 6.45) is 2.91. The quantitative estimate of drug-likeness (QED) is 0.537. The Morgan fingerprint density at radius 3 is 2.70 bits per heavy atom. The molecule has 2 aromatic carbocycles. The third-order valence-electron chi connectivity index (χ3n) is 5.72. The van der Waals surface area contributed by atoms with E-state index < -0.39 is 0 Å². The van der Waals surface area contributed by atoms with Gasteiger partial charge in [-0.05, 0) is 30.7 Å². The summed E-state index contributed by atoms with van der Waals surface area (Å²) < 4.78 is 11.2. The van der Waals surface area contributed by atoms with E-state index in [0.717, 1.165) is 41.5 Å². The molecule has 2 heterocycles. The number of amides is 1. The Balaban J connectivity index is 0.00000256. The zero-order valence-corrected chi connectivity index (χ0v) is 18.1. The molecule has 1 fully saturated rings. The largest absolute Gasteiger partial charge is 0.493 e. The molecule has 6 nitrogen and oxygen atoms in total. The van der Waals surface area contributed by atoms with Crippen LogP contribution in [0, 0.1) is 5.92 Å². The van der Waals surface area contributed by atoms with Gasteiger partial charge >= 0.3 is 0 Å². The van der Waals surface area contributed by atoms with Crippen molar-refractivity contribution in [2.45, 2.75) is 12.3 Å². The molecule has 1 aliphatic heterocycles. The summed E-state index contributed by atoms with van der Waals surface area (Å²) in [6.45, 7) is 2.13. The third-order valence-corrected chi connectivity index (χ3v) is 5.72. The van der Waals surface area contributed by atoms with Crippen molar-refractivity contribution in [1.82, 2.24) is 15.6 Å². The van der Waals surface area contributed by atoms with Gasteiger partial charge in [-0.25, -0.2) is 0 Å². The van der Waals surface area contributed by atoms with E-state index in [1.807, 2.05) is 36.5 Å². The van der Waals surface area contributed by atoms with Gasteiger partial charge in [0.05, 0.1) is 20.1 Å². The van der Waals surface area contributed by atoms with Crippen LogP contribution >= 0.6 is 12.4 Å². The molecule has 0 saturated carbocycles. The summed E-state index contributed by atoms with van der Waals surface area (Å²) >= 11 is 0. The Morgan fingerprint density at radius 1 is 1.13 bits per heavy atom. The summed E-state index contributed by atoms with van der Waals surface area (Å²) in [7, 11) is 3.29. The number of aromatic nitrogens is 1. The molecule has 160 valence electrons. The molecular formula is C23H28ClN3O3. The van der Waals surface area contributed by atoms with Crippen LogP contribution in [0.15, 0.2) is 48.7 Å². The highest BCUT2D eigenvalue weighted by Gasteiger charge is 2.27. The summed E-state index contributed by atoms with van der Waals surface area (Å²) in [5, 5.41) is 7.57. The number of hydrogen-bond donors (Lipinski definition) is 3. The van der Waals surface area contributed by atoms with Crippen LogP contribution in [0.25, 0.3) is 10.9 Å². The van der Waals surface area contributed by atoms with E-state index in [1.54, 1.807) is 14.2 Å². The van der Waals surface area contributed by atoms with Crippen molar-refractivity contribution in [3.8, 4) is 11.5 Å². The molecule has 3 aromatic rings. The van der Waals surface area contributed by atoms with Crippen LogP contribution in [0.2, 0.25) is 0 Å². The normalized spacial score (nSPS) is 16.7. The van der Waals surface area contributed by atoms with E-state index in [2.05, 4.69) is 27.8 Å². The number of para-hydroxylation sites is 2. The highest BCUT2D eigenvalue weighted by Crippen LogP contribution is 2.40. The predicted molar refractivity (Wildman–Crippen MR) is 121 cm³/mol. The fraction of sp³-hybridized carbons (Fsp3) is 0.348. The van der Waals surface area contributed by atoms with E-state index in [4.69, 9.17) is 9.47 Å². The monoisotopic (exact) mass is 429 g/mol. The smallest absolute Gasteiger partial charge is 0.224 e. The maximum atomic E-state index is 12.7. The molecule has 1 aliphatic rings. The number of aromatic amines is 1. The molecule has 3 N–H and O–H groups in total. The van der Waals surface area contributed by atoms with E-state index in [0.29, 0.717) is 18.0 Å². The maximum absolute atomic E-state index is 12.7. The summed E-state index contributed by atoms with van der Waals surface area (Å²) in [4.78, 5) is 16.0. The summed E-state index contributed by atoms with van der Waals surface area (Å²) in [6, 6.07) is 14.1. The van der Waals surface area contributed by atoms with Gasteiger partial charge in [-0.3, -0.25) is 4.79 Å². The molecule has 0 aliphatic carbocycles. The van der Waals surface area contributed by atoms with Crippen molar-refractivity contribution in [1.29, 1.82) is 0 Å². The summed E-state index contributed by atoms with van der Waals surface area (Å²) in [5.41, 5.74) is 3.18. The molecule has 1 aromatic heterocycles. The van der Waals surface area contributed by atoms with Crippen molar-refractivity contribution < 1.29 is 14.3 Å². The van der Waals surface area contributed by atoms with E-state index in [-0.39, 0.29) is 30.2 Å². The lowest BCUT2D eigenvalue weighted by molar-refractivity contribution is -0.124. The molecule has 1 saturated heterocycles. The number of halogens is 1. The number of H-pyrrole nitrogens is 1. The number of carbonyl (C=O) groups is 1. The van der Waals surface area contributed by atoms with Gasteiger partial charge in [0.25, 0.3) is 0 Å². The fourth-order valence-electron chi connectivity index (χ4n) is 4.18. The second-order valence-electron chi connectivity index (χ2n) is 7.36. The Labute approximate surface area is 182 Å². The number of hydrogen-bond acceptors (Lipinski definition) is 4. The number of fused-ring (bicyclic) bond motifs is 1. The minimum atomic E-state index is -0.0745. The first kappa shape index (κ1) is 22.0. The molecule has 0 spiro atoms. The second-order valence-corrected chi connectivity index (χ2v) is 7.36. The average Bonchev–Trinajstić information content (AvgIpc) is 3.44. The topological polar surface area (TPSA) is 75.4 Å². The first-order valence-electron chi connectivity index (χ1n) is 9.98. The van der Waals surface area contributed by atoms with Crippen LogP contribution in [-0.2, 0) is 4.79 Å². The fourth-order valence-corrected chi connectivity index (χ4v) is 4.18. The summed E-state index contributed by atoms with van der Waals surface area (Å²) in [5.74, 6) is 1.44. The highest BCUT2D eigenvalue weighted by atomic mass is 35.5. The van der Waals surface area contributed by atoms with Gasteiger partial charge < -0.3 is 25.1 Å². The number of ether oxygens (including phenoxy) is 2. The van der Waals surface area contributed by atoms with Crippen LogP contribution in [-0.4, -0.2) is 44.7 Å². The van der Waals surface area contributed by atoms with Gasteiger partial charge in [-0.15, -0.1) is 12.4 Å². The number of nitrogens with one attached hydrogen (secondary N) is 3. The average molecular weight is 430 g/mol. The van der Waals surface area contributed by atoms with Crippen LogP contribution in [0.1, 0.15) is 23.5 Å². The Bertz CT molecular complexity index is 998. The molecule has 4 rings (SSSR count). The van der Waals surface area contributed by atoms with Gasteiger partial charge in [0.15, 0.2) is 11.5 Å². The van der Waals surface area contributed by atoms with E-state index >= 15 is 0 Å². The van der Waals surface area contributed by atoms with Crippen LogP contribution in [0.4, 0.5) is 0 Å². The van der Waals surface area contributed by atoms with Gasteiger partial charge in [-0.2, -0.15) is 0 Å². The zero-order valence-electron chi connectivity index (χ0n) is 17.2. The second kappa shape index (κ2) is 9.87. The lowest BCUT2D eigenvalue weighted by atomic mass is 9.89. The van der Waals surface area contributed by atoms with E-state index in [1.165, 1.54) is 0 Å². The highest BCUT2D eigenvalue weighted by molar-refractivity contribution is 5.85. The van der Waals surface area contributed by atoms with Crippen LogP contribution in [0.3, 0.4) is 0 Å². The van der Waals surface area contributed by atoms with Crippen molar-refractivity contribution in [3.05, 3.63) is 59.8 Å². The molecule has 2 unspecified atom stereocenters. The third kappa shape index (κ3) is 4.25. The molecule has 1 amide bonds. The van der Waals surface area contributed by atoms with Crippen molar-refractivity contribution in [3.63, 3.8) is 0 Å². The number of methoxy groups -OCH3 is 2. The van der Waals surface area contributed by atoms with Gasteiger partial charge in [0, 0.05) is 41.7 Å². The minimum absolute atomic E-state index is 0. The molecule has 0 bridgehead atoms. The lowest BCUT2D eigenvalue weighted by Crippen LogP contribution is -2.35. The molecular weight excluding hydrogens is 402 g/mol. The van der Waals surface area contributed by atoms with Gasteiger partial charge in [0.1, 0.15) is 0 Å². The first-order valence-corrected chi connectivity index (χ1v) is 9.98. The number of carbonyl (C=O) groups excluding carboxylic acids is 1. The Kier molecular flexibility index (Phi) is 7.24. The first-order chi connectivity index (χ1) is 14.2. The molecule has 30 heavy (non-hydrogen) atoms. The molecule has 2 atom stereocenters. The minimum Gasteiger partial charge on any atom is -0.493 e. The number of rotatable bonds is 7. The number of benzene rings is 2. The lowest BCUT2D eigenvalue weighted by Gasteiger charge is -2.22. The van der Waals surface area contributed by atoms with E-state index in [9.17, 15) is 4.79 Å². The van der Waals surface area contributed by atoms with Crippen LogP contribution < -0.4 is 20.1 Å². The van der Waals surface area contributed by atoms with Gasteiger partial charge in [0.2, 0.25) is 5.91 Å². The van der Waals surface area contributed by atoms with Gasteiger partial charge in [-0.1, -0.05) is 30.3 Å². The molecule has 0 radical (unpaired) electrons.